The maximum atomic E-state index is 11.2. The second-order valence-corrected chi connectivity index (χ2v) is 5.60. The molecule has 0 unspecified atom stereocenters. The third-order valence-electron chi connectivity index (χ3n) is 3.17. The van der Waals surface area contributed by atoms with Crippen molar-refractivity contribution >= 4 is 10.0 Å². The van der Waals surface area contributed by atoms with Gasteiger partial charge in [0.05, 0.1) is 5.69 Å². The van der Waals surface area contributed by atoms with Crippen molar-refractivity contribution < 1.29 is 13.2 Å². The van der Waals surface area contributed by atoms with Crippen LogP contribution in [-0.4, -0.2) is 25.3 Å². The fraction of sp³-hybridized carbons (Fsp3) is 0.667. The predicted octanol–water partition coefficient (Wildman–Crippen LogP) is 0.0931. The number of aromatic nitrogens is 2. The number of methoxy groups -OCH3 is 1. The van der Waals surface area contributed by atoms with E-state index in [0.29, 0.717) is 0 Å². The number of hydrogen-bond donors (Lipinski definition) is 1. The van der Waals surface area contributed by atoms with E-state index >= 15 is 0 Å². The van der Waals surface area contributed by atoms with Gasteiger partial charge in [-0.15, -0.1) is 0 Å². The Morgan fingerprint density at radius 1 is 1.56 bits per heavy atom. The summed E-state index contributed by atoms with van der Waals surface area (Å²) in [5.74, 6) is 0. The normalized spacial score (nSPS) is 19.4. The first-order chi connectivity index (χ1) is 7.39. The molecule has 0 bridgehead atoms. The molecule has 0 spiro atoms. The van der Waals surface area contributed by atoms with Gasteiger partial charge in [-0.2, -0.15) is 5.10 Å². The summed E-state index contributed by atoms with van der Waals surface area (Å²) in [5.41, 5.74) is 0.385. The van der Waals surface area contributed by atoms with Gasteiger partial charge in [0.2, 0.25) is 0 Å². The van der Waals surface area contributed by atoms with Crippen LogP contribution in [0, 0.1) is 0 Å². The van der Waals surface area contributed by atoms with Gasteiger partial charge < -0.3 is 4.74 Å². The van der Waals surface area contributed by atoms with Crippen molar-refractivity contribution in [3.05, 3.63) is 11.8 Å². The van der Waals surface area contributed by atoms with Gasteiger partial charge in [0.1, 0.15) is 5.60 Å². The second kappa shape index (κ2) is 3.54. The fourth-order valence-corrected chi connectivity index (χ4v) is 2.58. The summed E-state index contributed by atoms with van der Waals surface area (Å²) >= 11 is 0. The van der Waals surface area contributed by atoms with Gasteiger partial charge in [-0.25, -0.2) is 13.6 Å². The second-order valence-electron chi connectivity index (χ2n) is 4.09. The summed E-state index contributed by atoms with van der Waals surface area (Å²) in [4.78, 5) is 0. The predicted molar refractivity (Wildman–Crippen MR) is 57.1 cm³/mol. The van der Waals surface area contributed by atoms with Crippen LogP contribution in [0.25, 0.3) is 0 Å². The van der Waals surface area contributed by atoms with E-state index in [2.05, 4.69) is 5.10 Å². The molecule has 1 aliphatic rings. The summed E-state index contributed by atoms with van der Waals surface area (Å²) in [6.45, 7) is 0. The van der Waals surface area contributed by atoms with Gasteiger partial charge in [0.15, 0.2) is 5.03 Å². The minimum absolute atomic E-state index is 0.103. The molecular formula is C9H15N3O3S. The summed E-state index contributed by atoms with van der Waals surface area (Å²) in [6.07, 6.45) is 2.84. The van der Waals surface area contributed by atoms with Crippen LogP contribution in [-0.2, 0) is 27.4 Å². The van der Waals surface area contributed by atoms with E-state index in [1.807, 2.05) is 0 Å². The maximum absolute atomic E-state index is 11.2. The number of primary sulfonamides is 1. The maximum Gasteiger partial charge on any atom is 0.257 e. The van der Waals surface area contributed by atoms with E-state index in [9.17, 15) is 8.42 Å². The van der Waals surface area contributed by atoms with Crippen molar-refractivity contribution in [1.82, 2.24) is 9.78 Å². The lowest BCUT2D eigenvalue weighted by Crippen LogP contribution is -2.37. The Hall–Kier alpha value is -0.920. The Kier molecular flexibility index (Phi) is 2.56. The van der Waals surface area contributed by atoms with Crippen LogP contribution in [0.5, 0.6) is 0 Å². The van der Waals surface area contributed by atoms with Crippen molar-refractivity contribution in [3.63, 3.8) is 0 Å². The van der Waals surface area contributed by atoms with E-state index in [4.69, 9.17) is 9.88 Å². The Balaban J connectivity index is 2.47. The molecule has 1 aromatic rings. The smallest absolute Gasteiger partial charge is 0.257 e. The molecular weight excluding hydrogens is 230 g/mol. The Morgan fingerprint density at radius 2 is 2.19 bits per heavy atom. The zero-order valence-electron chi connectivity index (χ0n) is 9.30. The first kappa shape index (κ1) is 11.6. The molecule has 90 valence electrons. The molecule has 0 aromatic carbocycles. The lowest BCUT2D eigenvalue weighted by Gasteiger charge is -2.40. The lowest BCUT2D eigenvalue weighted by molar-refractivity contribution is -0.0836. The van der Waals surface area contributed by atoms with E-state index < -0.39 is 10.0 Å². The number of rotatable bonds is 3. The van der Waals surface area contributed by atoms with Crippen molar-refractivity contribution in [1.29, 1.82) is 0 Å². The van der Waals surface area contributed by atoms with Gasteiger partial charge in [0, 0.05) is 20.2 Å². The Morgan fingerprint density at radius 3 is 2.50 bits per heavy atom. The quantitative estimate of drug-likeness (QED) is 0.817. The fourth-order valence-electron chi connectivity index (χ4n) is 2.07. The Bertz CT molecular complexity index is 497. The van der Waals surface area contributed by atoms with E-state index in [-0.39, 0.29) is 10.6 Å². The molecule has 1 fully saturated rings. The molecule has 2 N–H and O–H groups in total. The van der Waals surface area contributed by atoms with Crippen molar-refractivity contribution in [2.24, 2.45) is 12.2 Å². The molecule has 0 aliphatic heterocycles. The lowest BCUT2D eigenvalue weighted by atomic mass is 9.77. The molecule has 7 heteroatoms. The van der Waals surface area contributed by atoms with Gasteiger partial charge in [-0.1, -0.05) is 0 Å². The van der Waals surface area contributed by atoms with Gasteiger partial charge >= 0.3 is 0 Å². The number of hydrogen-bond acceptors (Lipinski definition) is 4. The minimum Gasteiger partial charge on any atom is -0.372 e. The molecule has 16 heavy (non-hydrogen) atoms. The third-order valence-corrected chi connectivity index (χ3v) is 3.95. The largest absolute Gasteiger partial charge is 0.372 e. The zero-order chi connectivity index (χ0) is 12.0. The first-order valence-electron chi connectivity index (χ1n) is 5.01. The molecule has 0 radical (unpaired) electrons. The number of nitrogens with two attached hydrogens (primary N) is 1. The number of sulfonamides is 1. The van der Waals surface area contributed by atoms with Crippen molar-refractivity contribution in [2.75, 3.05) is 7.11 Å². The molecule has 1 aliphatic carbocycles. The minimum atomic E-state index is -3.74. The SMILES string of the molecule is COC1(c2cc(S(N)(=O)=O)nn2C)CCC1. The van der Waals surface area contributed by atoms with Crippen LogP contribution >= 0.6 is 0 Å². The molecule has 1 saturated carbocycles. The summed E-state index contributed by atoms with van der Waals surface area (Å²) in [7, 11) is -0.419. The topological polar surface area (TPSA) is 87.2 Å². The van der Waals surface area contributed by atoms with Crippen LogP contribution < -0.4 is 5.14 Å². The monoisotopic (exact) mass is 245 g/mol. The molecule has 2 rings (SSSR count). The van der Waals surface area contributed by atoms with E-state index in [1.54, 1.807) is 14.2 Å². The van der Waals surface area contributed by atoms with Gasteiger partial charge in [-0.3, -0.25) is 4.68 Å². The molecule has 0 atom stereocenters. The zero-order valence-corrected chi connectivity index (χ0v) is 10.1. The molecule has 1 aromatic heterocycles. The third kappa shape index (κ3) is 1.64. The summed E-state index contributed by atoms with van der Waals surface area (Å²) in [5, 5.41) is 8.84. The highest BCUT2D eigenvalue weighted by Crippen LogP contribution is 2.44. The van der Waals surface area contributed by atoms with Crippen LogP contribution in [0.15, 0.2) is 11.1 Å². The molecule has 6 nitrogen and oxygen atoms in total. The molecule has 0 saturated heterocycles. The highest BCUT2D eigenvalue weighted by atomic mass is 32.2. The van der Waals surface area contributed by atoms with Crippen LogP contribution in [0.1, 0.15) is 25.0 Å². The van der Waals surface area contributed by atoms with Crippen molar-refractivity contribution in [2.45, 2.75) is 29.9 Å². The van der Waals surface area contributed by atoms with Crippen LogP contribution in [0.3, 0.4) is 0 Å². The van der Waals surface area contributed by atoms with Gasteiger partial charge in [0.25, 0.3) is 10.0 Å². The highest BCUT2D eigenvalue weighted by molar-refractivity contribution is 7.89. The highest BCUT2D eigenvalue weighted by Gasteiger charge is 2.42. The standard InChI is InChI=1S/C9H15N3O3S/c1-12-7(9(15-2)4-3-5-9)6-8(11-12)16(10,13)14/h6H,3-5H2,1-2H3,(H2,10,13,14). The summed E-state index contributed by atoms with van der Waals surface area (Å²) in [6, 6.07) is 1.50. The van der Waals surface area contributed by atoms with Crippen molar-refractivity contribution in [3.8, 4) is 0 Å². The van der Waals surface area contributed by atoms with E-state index in [0.717, 1.165) is 25.0 Å². The van der Waals surface area contributed by atoms with Gasteiger partial charge in [-0.05, 0) is 19.3 Å². The van der Waals surface area contributed by atoms with Crippen LogP contribution in [0.4, 0.5) is 0 Å². The summed E-state index contributed by atoms with van der Waals surface area (Å²) < 4.78 is 29.4. The molecule has 0 amide bonds. The average Bonchev–Trinajstić information content (AvgIpc) is 2.47. The number of aryl methyl sites for hydroxylation is 1. The Labute approximate surface area is 94.4 Å². The first-order valence-corrected chi connectivity index (χ1v) is 6.56. The molecule has 1 heterocycles. The van der Waals surface area contributed by atoms with E-state index in [1.165, 1.54) is 10.7 Å². The average molecular weight is 245 g/mol. The number of nitrogens with zero attached hydrogens (tertiary/aromatic N) is 2. The number of ether oxygens (including phenoxy) is 1. The van der Waals surface area contributed by atoms with Crippen LogP contribution in [0.2, 0.25) is 0 Å².